The summed E-state index contributed by atoms with van der Waals surface area (Å²) >= 11 is 0. The van der Waals surface area contributed by atoms with Crippen LogP contribution >= 0.6 is 0 Å². The number of rotatable bonds is 3. The van der Waals surface area contributed by atoms with Crippen LogP contribution in [0.4, 0.5) is 10.5 Å². The lowest BCUT2D eigenvalue weighted by molar-refractivity contribution is 0.253. The van der Waals surface area contributed by atoms with Gasteiger partial charge in [0.05, 0.1) is 5.69 Å². The van der Waals surface area contributed by atoms with Crippen LogP contribution < -0.4 is 10.6 Å². The third-order valence-electron chi connectivity index (χ3n) is 3.44. The maximum absolute atomic E-state index is 11.8. The molecule has 0 fully saturated rings. The first kappa shape index (κ1) is 13.2. The van der Waals surface area contributed by atoms with Crippen LogP contribution in [-0.2, 0) is 0 Å². The van der Waals surface area contributed by atoms with Crippen molar-refractivity contribution in [1.29, 1.82) is 0 Å². The molecule has 3 aromatic rings. The topological polar surface area (TPSA) is 41.1 Å². The number of urea groups is 1. The fourth-order valence-corrected chi connectivity index (χ4v) is 2.48. The molecule has 0 saturated heterocycles. The maximum atomic E-state index is 11.8. The van der Waals surface area contributed by atoms with E-state index in [9.17, 15) is 4.79 Å². The van der Waals surface area contributed by atoms with Crippen molar-refractivity contribution in [2.45, 2.75) is 0 Å². The molecule has 0 bridgehead atoms. The molecule has 21 heavy (non-hydrogen) atoms. The molecule has 3 nitrogen and oxygen atoms in total. The molecule has 0 aliphatic heterocycles. The minimum Gasteiger partial charge on any atom is -0.334 e. The van der Waals surface area contributed by atoms with Crippen molar-refractivity contribution in [2.24, 2.45) is 0 Å². The van der Waals surface area contributed by atoms with E-state index in [-0.39, 0.29) is 6.03 Å². The van der Waals surface area contributed by atoms with Crippen molar-refractivity contribution in [3.05, 3.63) is 67.3 Å². The Labute approximate surface area is 123 Å². The van der Waals surface area contributed by atoms with Crippen molar-refractivity contribution in [2.75, 3.05) is 11.9 Å². The molecule has 2 N–H and O–H groups in total. The Hall–Kier alpha value is -2.81. The molecule has 0 atom stereocenters. The predicted molar refractivity (Wildman–Crippen MR) is 88.7 cm³/mol. The first-order chi connectivity index (χ1) is 10.3. The van der Waals surface area contributed by atoms with Gasteiger partial charge in [0, 0.05) is 11.9 Å². The van der Waals surface area contributed by atoms with Gasteiger partial charge >= 0.3 is 6.03 Å². The molecule has 0 spiro atoms. The molecule has 3 rings (SSSR count). The molecular formula is C18H16N2O. The molecule has 2 amide bonds. The van der Waals surface area contributed by atoms with Gasteiger partial charge in [0.2, 0.25) is 0 Å². The van der Waals surface area contributed by atoms with Gasteiger partial charge in [0.1, 0.15) is 0 Å². The maximum Gasteiger partial charge on any atom is 0.319 e. The zero-order valence-electron chi connectivity index (χ0n) is 11.6. The molecule has 0 aliphatic carbocycles. The van der Waals surface area contributed by atoms with E-state index in [4.69, 9.17) is 0 Å². The van der Waals surface area contributed by atoms with Gasteiger partial charge in [-0.15, -0.1) is 6.58 Å². The summed E-state index contributed by atoms with van der Waals surface area (Å²) in [6.45, 7) is 4.03. The van der Waals surface area contributed by atoms with E-state index in [1.54, 1.807) is 6.08 Å². The number of hydrogen-bond donors (Lipinski definition) is 2. The van der Waals surface area contributed by atoms with Gasteiger partial charge in [0.25, 0.3) is 0 Å². The van der Waals surface area contributed by atoms with Crippen molar-refractivity contribution >= 4 is 33.3 Å². The number of benzene rings is 3. The van der Waals surface area contributed by atoms with Gasteiger partial charge in [-0.05, 0) is 22.2 Å². The van der Waals surface area contributed by atoms with Gasteiger partial charge < -0.3 is 10.6 Å². The summed E-state index contributed by atoms with van der Waals surface area (Å²) in [4.78, 5) is 11.8. The zero-order chi connectivity index (χ0) is 14.7. The van der Waals surface area contributed by atoms with Crippen LogP contribution in [0.5, 0.6) is 0 Å². The van der Waals surface area contributed by atoms with Crippen LogP contribution in [-0.4, -0.2) is 12.6 Å². The Kier molecular flexibility index (Phi) is 3.56. The molecule has 0 aromatic heterocycles. The highest BCUT2D eigenvalue weighted by atomic mass is 16.2. The summed E-state index contributed by atoms with van der Waals surface area (Å²) in [5.74, 6) is 0. The average Bonchev–Trinajstić information content (AvgIpc) is 2.53. The summed E-state index contributed by atoms with van der Waals surface area (Å²) in [7, 11) is 0. The number of nitrogens with one attached hydrogen (secondary N) is 2. The summed E-state index contributed by atoms with van der Waals surface area (Å²) < 4.78 is 0. The zero-order valence-corrected chi connectivity index (χ0v) is 11.6. The van der Waals surface area contributed by atoms with E-state index in [0.29, 0.717) is 6.54 Å². The second kappa shape index (κ2) is 5.67. The van der Waals surface area contributed by atoms with Crippen LogP contribution in [0, 0.1) is 0 Å². The molecule has 3 heteroatoms. The lowest BCUT2D eigenvalue weighted by Crippen LogP contribution is -2.28. The highest BCUT2D eigenvalue weighted by molar-refractivity contribution is 6.13. The molecule has 104 valence electrons. The van der Waals surface area contributed by atoms with Gasteiger partial charge in [-0.2, -0.15) is 0 Å². The van der Waals surface area contributed by atoms with Crippen LogP contribution in [0.3, 0.4) is 0 Å². The molecule has 0 unspecified atom stereocenters. The van der Waals surface area contributed by atoms with Crippen LogP contribution in [0.2, 0.25) is 0 Å². The Morgan fingerprint density at radius 1 is 0.952 bits per heavy atom. The van der Waals surface area contributed by atoms with Crippen LogP contribution in [0.1, 0.15) is 0 Å². The summed E-state index contributed by atoms with van der Waals surface area (Å²) in [6.07, 6.45) is 1.65. The normalized spacial score (nSPS) is 10.5. The summed E-state index contributed by atoms with van der Waals surface area (Å²) in [6, 6.07) is 18.1. The number of fused-ring (bicyclic) bond motifs is 3. The molecule has 0 saturated carbocycles. The Balaban J connectivity index is 2.06. The predicted octanol–water partition coefficient (Wildman–Crippen LogP) is 4.30. The molecule has 0 radical (unpaired) electrons. The summed E-state index contributed by atoms with van der Waals surface area (Å²) in [5.41, 5.74) is 0.805. The first-order valence-corrected chi connectivity index (χ1v) is 6.86. The van der Waals surface area contributed by atoms with E-state index in [0.717, 1.165) is 16.5 Å². The Bertz CT molecular complexity index is 824. The molecule has 0 aliphatic rings. The smallest absolute Gasteiger partial charge is 0.319 e. The van der Waals surface area contributed by atoms with Crippen molar-refractivity contribution in [1.82, 2.24) is 5.32 Å². The number of amides is 2. The largest absolute Gasteiger partial charge is 0.334 e. The standard InChI is InChI=1S/C18H16N2O/c1-2-12-19-18(21)20-17-9-5-8-15-14-7-4-3-6-13(14)10-11-16(15)17/h2-11H,1,12H2,(H2,19,20,21). The van der Waals surface area contributed by atoms with E-state index in [1.165, 1.54) is 10.8 Å². The van der Waals surface area contributed by atoms with E-state index >= 15 is 0 Å². The number of anilines is 1. The fourth-order valence-electron chi connectivity index (χ4n) is 2.48. The number of hydrogen-bond acceptors (Lipinski definition) is 1. The third-order valence-corrected chi connectivity index (χ3v) is 3.44. The first-order valence-electron chi connectivity index (χ1n) is 6.86. The van der Waals surface area contributed by atoms with Crippen molar-refractivity contribution in [3.63, 3.8) is 0 Å². The Morgan fingerprint density at radius 3 is 2.62 bits per heavy atom. The van der Waals surface area contributed by atoms with Crippen molar-refractivity contribution < 1.29 is 4.79 Å². The van der Waals surface area contributed by atoms with E-state index in [2.05, 4.69) is 41.5 Å². The second-order valence-corrected chi connectivity index (χ2v) is 4.81. The van der Waals surface area contributed by atoms with Crippen molar-refractivity contribution in [3.8, 4) is 0 Å². The fraction of sp³-hybridized carbons (Fsp3) is 0.0556. The molecular weight excluding hydrogens is 260 g/mol. The number of carbonyl (C=O) groups excluding carboxylic acids is 1. The second-order valence-electron chi connectivity index (χ2n) is 4.81. The SMILES string of the molecule is C=CCNC(=O)Nc1cccc2c1ccc1ccccc12. The van der Waals surface area contributed by atoms with Gasteiger partial charge in [-0.1, -0.05) is 54.6 Å². The van der Waals surface area contributed by atoms with Gasteiger partial charge in [0.15, 0.2) is 0 Å². The van der Waals surface area contributed by atoms with E-state index in [1.807, 2.05) is 30.3 Å². The van der Waals surface area contributed by atoms with Gasteiger partial charge in [-0.3, -0.25) is 0 Å². The van der Waals surface area contributed by atoms with E-state index < -0.39 is 0 Å². The minimum atomic E-state index is -0.226. The quantitative estimate of drug-likeness (QED) is 0.543. The average molecular weight is 276 g/mol. The monoisotopic (exact) mass is 276 g/mol. The summed E-state index contributed by atoms with van der Waals surface area (Å²) in [5, 5.41) is 10.1. The number of carbonyl (C=O) groups is 1. The highest BCUT2D eigenvalue weighted by Gasteiger charge is 2.06. The van der Waals surface area contributed by atoms with Crippen LogP contribution in [0.25, 0.3) is 21.5 Å². The van der Waals surface area contributed by atoms with Crippen LogP contribution in [0.15, 0.2) is 67.3 Å². The highest BCUT2D eigenvalue weighted by Crippen LogP contribution is 2.30. The third kappa shape index (κ3) is 2.58. The lowest BCUT2D eigenvalue weighted by Gasteiger charge is -2.11. The lowest BCUT2D eigenvalue weighted by atomic mass is 10.0. The molecule has 3 aromatic carbocycles. The molecule has 0 heterocycles. The Morgan fingerprint density at radius 2 is 1.76 bits per heavy atom. The van der Waals surface area contributed by atoms with Gasteiger partial charge in [-0.25, -0.2) is 4.79 Å². The minimum absolute atomic E-state index is 0.226.